The van der Waals surface area contributed by atoms with E-state index in [0.717, 1.165) is 19.6 Å². The van der Waals surface area contributed by atoms with Crippen LogP contribution in [0.1, 0.15) is 59.2 Å². The van der Waals surface area contributed by atoms with Crippen LogP contribution in [0.2, 0.25) is 0 Å². The third kappa shape index (κ3) is 5.26. The summed E-state index contributed by atoms with van der Waals surface area (Å²) in [7, 11) is 4.28. The first-order valence-corrected chi connectivity index (χ1v) is 12.6. The lowest BCUT2D eigenvalue weighted by atomic mass is 9.93. The molecule has 0 aliphatic carbocycles. The summed E-state index contributed by atoms with van der Waals surface area (Å²) in [6, 6.07) is 4.20. The van der Waals surface area contributed by atoms with Gasteiger partial charge in [-0.05, 0) is 63.7 Å². The number of ketones is 1. The Bertz CT molecular complexity index is 1240. The summed E-state index contributed by atoms with van der Waals surface area (Å²) in [6.45, 7) is 10.2. The molecule has 2 heterocycles. The predicted octanol–water partition coefficient (Wildman–Crippen LogP) is 3.59. The molecule has 1 aliphatic heterocycles. The van der Waals surface area contributed by atoms with E-state index in [-0.39, 0.29) is 22.6 Å². The molecule has 1 fully saturated rings. The fraction of sp³-hybridized carbons (Fsp3) is 0.464. The molecule has 1 amide bonds. The Morgan fingerprint density at radius 1 is 1.11 bits per heavy atom. The Kier molecular flexibility index (Phi) is 9.22. The van der Waals surface area contributed by atoms with Crippen LogP contribution in [0.25, 0.3) is 5.76 Å². The van der Waals surface area contributed by atoms with E-state index in [9.17, 15) is 19.5 Å². The SMILES string of the molecule is CCN(CC)CCCN1C(=O)C(=O)/C(=C(/O)c2c(C)[nH]c(C(=O)OC)c2C)C1c1cc(OC)ccc1OC. The molecule has 2 N–H and O–H groups in total. The first-order chi connectivity index (χ1) is 18.1. The average Bonchev–Trinajstić information content (AvgIpc) is 3.36. The number of aromatic nitrogens is 1. The third-order valence-corrected chi connectivity index (χ3v) is 7.10. The largest absolute Gasteiger partial charge is 0.507 e. The van der Waals surface area contributed by atoms with Crippen LogP contribution < -0.4 is 9.47 Å². The summed E-state index contributed by atoms with van der Waals surface area (Å²) in [5.74, 6) is -1.54. The molecule has 1 aromatic heterocycles. The lowest BCUT2D eigenvalue weighted by Crippen LogP contribution is -2.33. The molecule has 1 aromatic carbocycles. The average molecular weight is 528 g/mol. The molecule has 0 radical (unpaired) electrons. The quantitative estimate of drug-likeness (QED) is 0.197. The van der Waals surface area contributed by atoms with Crippen molar-refractivity contribution in [2.24, 2.45) is 0 Å². The maximum atomic E-state index is 13.5. The Morgan fingerprint density at radius 3 is 2.37 bits per heavy atom. The van der Waals surface area contributed by atoms with Gasteiger partial charge in [0.05, 0.1) is 32.9 Å². The number of methoxy groups -OCH3 is 3. The lowest BCUT2D eigenvalue weighted by Gasteiger charge is -2.28. The molecule has 206 valence electrons. The zero-order valence-electron chi connectivity index (χ0n) is 23.1. The summed E-state index contributed by atoms with van der Waals surface area (Å²) in [5.41, 5.74) is 1.75. The minimum absolute atomic E-state index is 0.0778. The second-order valence-corrected chi connectivity index (χ2v) is 9.10. The Hall–Kier alpha value is -3.79. The van der Waals surface area contributed by atoms with E-state index in [2.05, 4.69) is 23.7 Å². The third-order valence-electron chi connectivity index (χ3n) is 7.10. The van der Waals surface area contributed by atoms with Crippen LogP contribution in [0.5, 0.6) is 11.5 Å². The van der Waals surface area contributed by atoms with Crippen molar-refractivity contribution in [2.75, 3.05) is 47.5 Å². The molecule has 10 nitrogen and oxygen atoms in total. The number of aromatic amines is 1. The van der Waals surface area contributed by atoms with Gasteiger partial charge in [-0.15, -0.1) is 0 Å². The van der Waals surface area contributed by atoms with Crippen LogP contribution >= 0.6 is 0 Å². The minimum Gasteiger partial charge on any atom is -0.507 e. The van der Waals surface area contributed by atoms with E-state index < -0.39 is 23.7 Å². The first kappa shape index (κ1) is 28.8. The lowest BCUT2D eigenvalue weighted by molar-refractivity contribution is -0.140. The number of likely N-dealkylation sites (tertiary alicyclic amines) is 1. The molecular weight excluding hydrogens is 490 g/mol. The smallest absolute Gasteiger partial charge is 0.354 e. The number of aliphatic hydroxyl groups excluding tert-OH is 1. The van der Waals surface area contributed by atoms with Crippen LogP contribution in [0.4, 0.5) is 0 Å². The monoisotopic (exact) mass is 527 g/mol. The van der Waals surface area contributed by atoms with Gasteiger partial charge in [0.1, 0.15) is 23.0 Å². The summed E-state index contributed by atoms with van der Waals surface area (Å²) < 4.78 is 15.9. The minimum atomic E-state index is -0.924. The second-order valence-electron chi connectivity index (χ2n) is 9.10. The number of esters is 1. The molecular formula is C28H37N3O7. The standard InChI is InChI=1S/C28H37N3O7/c1-8-30(9-2)13-10-14-31-24(19-15-18(36-5)11-12-20(19)37-6)22(26(33)27(31)34)25(32)21-16(3)23(28(35)38-7)29-17(21)4/h11-12,15,24,29,32H,8-10,13-14H2,1-7H3/b25-22+. The number of rotatable bonds is 11. The van der Waals surface area contributed by atoms with Crippen molar-refractivity contribution in [2.45, 2.75) is 40.2 Å². The van der Waals surface area contributed by atoms with Gasteiger partial charge >= 0.3 is 5.97 Å². The van der Waals surface area contributed by atoms with Gasteiger partial charge in [0.15, 0.2) is 0 Å². The maximum Gasteiger partial charge on any atom is 0.354 e. The Labute approximate surface area is 223 Å². The van der Waals surface area contributed by atoms with Crippen molar-refractivity contribution in [3.63, 3.8) is 0 Å². The first-order valence-electron chi connectivity index (χ1n) is 12.6. The number of hydrogen-bond acceptors (Lipinski definition) is 8. The predicted molar refractivity (Wildman–Crippen MR) is 143 cm³/mol. The molecule has 3 rings (SSSR count). The van der Waals surface area contributed by atoms with Crippen LogP contribution in [-0.2, 0) is 14.3 Å². The molecule has 0 bridgehead atoms. The van der Waals surface area contributed by atoms with E-state index in [0.29, 0.717) is 41.3 Å². The number of carbonyl (C=O) groups excluding carboxylic acids is 3. The van der Waals surface area contributed by atoms with Gasteiger partial charge in [0, 0.05) is 23.4 Å². The number of benzene rings is 1. The Morgan fingerprint density at radius 2 is 1.79 bits per heavy atom. The van der Waals surface area contributed by atoms with Crippen molar-refractivity contribution in [3.8, 4) is 11.5 Å². The van der Waals surface area contributed by atoms with Gasteiger partial charge in [0.25, 0.3) is 11.7 Å². The highest BCUT2D eigenvalue weighted by atomic mass is 16.5. The summed E-state index contributed by atoms with van der Waals surface area (Å²) in [5, 5.41) is 11.6. The van der Waals surface area contributed by atoms with E-state index >= 15 is 0 Å². The topological polar surface area (TPSA) is 121 Å². The molecule has 1 saturated heterocycles. The molecule has 0 spiro atoms. The number of nitrogens with zero attached hydrogens (tertiary/aromatic N) is 2. The Balaban J connectivity index is 2.22. The van der Waals surface area contributed by atoms with E-state index in [1.54, 1.807) is 32.0 Å². The summed E-state index contributed by atoms with van der Waals surface area (Å²) >= 11 is 0. The molecule has 10 heteroatoms. The molecule has 2 aromatic rings. The number of Topliss-reactive ketones (excluding diaryl/α,β-unsaturated/α-hetero) is 1. The highest BCUT2D eigenvalue weighted by Crippen LogP contribution is 2.44. The second kappa shape index (κ2) is 12.2. The van der Waals surface area contributed by atoms with Crippen LogP contribution in [0.3, 0.4) is 0 Å². The van der Waals surface area contributed by atoms with Crippen LogP contribution in [0, 0.1) is 13.8 Å². The summed E-state index contributed by atoms with van der Waals surface area (Å²) in [4.78, 5) is 45.8. The van der Waals surface area contributed by atoms with Crippen molar-refractivity contribution < 1.29 is 33.7 Å². The summed E-state index contributed by atoms with van der Waals surface area (Å²) in [6.07, 6.45) is 0.631. The van der Waals surface area contributed by atoms with E-state index in [4.69, 9.17) is 14.2 Å². The number of H-pyrrole nitrogens is 1. The van der Waals surface area contributed by atoms with Gasteiger partial charge in [-0.25, -0.2) is 4.79 Å². The highest BCUT2D eigenvalue weighted by Gasteiger charge is 2.47. The van der Waals surface area contributed by atoms with Crippen molar-refractivity contribution >= 4 is 23.4 Å². The van der Waals surface area contributed by atoms with E-state index in [1.807, 2.05) is 0 Å². The number of ether oxygens (including phenoxy) is 3. The van der Waals surface area contributed by atoms with Gasteiger partial charge in [0.2, 0.25) is 0 Å². The molecule has 38 heavy (non-hydrogen) atoms. The zero-order valence-corrected chi connectivity index (χ0v) is 23.1. The number of hydrogen-bond donors (Lipinski definition) is 2. The number of aliphatic hydroxyl groups is 1. The molecule has 1 unspecified atom stereocenters. The molecule has 0 saturated carbocycles. The normalized spacial score (nSPS) is 16.8. The van der Waals surface area contributed by atoms with Gasteiger partial charge < -0.3 is 34.1 Å². The number of carbonyl (C=O) groups is 3. The van der Waals surface area contributed by atoms with Gasteiger partial charge in [-0.1, -0.05) is 13.8 Å². The number of amides is 1. The zero-order chi connectivity index (χ0) is 28.1. The van der Waals surface area contributed by atoms with Crippen LogP contribution in [0.15, 0.2) is 23.8 Å². The van der Waals surface area contributed by atoms with Crippen LogP contribution in [-0.4, -0.2) is 85.1 Å². The molecule has 1 aliphatic rings. The van der Waals surface area contributed by atoms with Gasteiger partial charge in [-0.2, -0.15) is 0 Å². The van der Waals surface area contributed by atoms with Gasteiger partial charge in [-0.3, -0.25) is 9.59 Å². The fourth-order valence-electron chi connectivity index (χ4n) is 5.04. The maximum absolute atomic E-state index is 13.5. The van der Waals surface area contributed by atoms with Crippen molar-refractivity contribution in [3.05, 3.63) is 51.9 Å². The number of aryl methyl sites for hydroxylation is 1. The molecule has 1 atom stereocenters. The fourth-order valence-corrected chi connectivity index (χ4v) is 5.04. The highest BCUT2D eigenvalue weighted by molar-refractivity contribution is 6.46. The van der Waals surface area contributed by atoms with Crippen molar-refractivity contribution in [1.29, 1.82) is 0 Å². The number of nitrogens with one attached hydrogen (secondary N) is 1. The van der Waals surface area contributed by atoms with E-state index in [1.165, 1.54) is 26.2 Å². The van der Waals surface area contributed by atoms with Crippen molar-refractivity contribution in [1.82, 2.24) is 14.8 Å².